The first-order chi connectivity index (χ1) is 12.9. The SMILES string of the molecule is CCOc1cc(/C=C2\SC(=O)N(Cc3cccc(Br)c3)C2=O)c(Br)cc1O. The largest absolute Gasteiger partial charge is 0.504 e. The Morgan fingerprint density at radius 3 is 2.70 bits per heavy atom. The molecule has 1 heterocycles. The molecule has 0 bridgehead atoms. The van der Waals surface area contributed by atoms with Crippen LogP contribution in [-0.2, 0) is 11.3 Å². The molecule has 1 aliphatic heterocycles. The lowest BCUT2D eigenvalue weighted by Crippen LogP contribution is -2.27. The van der Waals surface area contributed by atoms with Crippen molar-refractivity contribution >= 4 is 60.8 Å². The van der Waals surface area contributed by atoms with Gasteiger partial charge in [0.25, 0.3) is 11.1 Å². The highest BCUT2D eigenvalue weighted by Crippen LogP contribution is 2.38. The first-order valence-electron chi connectivity index (χ1n) is 8.04. The molecular formula is C19H15Br2NO4S. The summed E-state index contributed by atoms with van der Waals surface area (Å²) in [6.45, 7) is 2.43. The van der Waals surface area contributed by atoms with Gasteiger partial charge in [-0.3, -0.25) is 14.5 Å². The minimum absolute atomic E-state index is 0.00336. The van der Waals surface area contributed by atoms with Gasteiger partial charge in [0.1, 0.15) is 0 Å². The van der Waals surface area contributed by atoms with Crippen molar-refractivity contribution in [2.45, 2.75) is 13.5 Å². The second-order valence-electron chi connectivity index (χ2n) is 5.67. The van der Waals surface area contributed by atoms with Crippen LogP contribution in [0.4, 0.5) is 4.79 Å². The van der Waals surface area contributed by atoms with Crippen molar-refractivity contribution in [3.63, 3.8) is 0 Å². The number of rotatable bonds is 5. The molecule has 5 nitrogen and oxygen atoms in total. The summed E-state index contributed by atoms with van der Waals surface area (Å²) in [5.74, 6) is -0.0214. The molecule has 140 valence electrons. The summed E-state index contributed by atoms with van der Waals surface area (Å²) in [4.78, 5) is 26.6. The maximum Gasteiger partial charge on any atom is 0.293 e. The fourth-order valence-corrected chi connectivity index (χ4v) is 4.26. The number of phenols is 1. The maximum absolute atomic E-state index is 12.7. The fourth-order valence-electron chi connectivity index (χ4n) is 2.54. The zero-order valence-electron chi connectivity index (χ0n) is 14.2. The van der Waals surface area contributed by atoms with Crippen molar-refractivity contribution in [2.24, 2.45) is 0 Å². The summed E-state index contributed by atoms with van der Waals surface area (Å²) < 4.78 is 6.87. The molecule has 1 fully saturated rings. The molecule has 0 unspecified atom stereocenters. The van der Waals surface area contributed by atoms with Crippen LogP contribution in [-0.4, -0.2) is 27.8 Å². The normalized spacial score (nSPS) is 15.7. The minimum Gasteiger partial charge on any atom is -0.504 e. The summed E-state index contributed by atoms with van der Waals surface area (Å²) in [6, 6.07) is 10.6. The standard InChI is InChI=1S/C19H15Br2NO4S/c1-2-26-16-7-12(14(21)9-15(16)23)8-17-18(24)22(19(25)27-17)10-11-4-3-5-13(20)6-11/h3-9,23H,2,10H2,1H3/b17-8-. The topological polar surface area (TPSA) is 66.8 Å². The number of ether oxygens (including phenoxy) is 1. The zero-order chi connectivity index (χ0) is 19.6. The number of imide groups is 1. The molecule has 2 aromatic carbocycles. The van der Waals surface area contributed by atoms with Crippen molar-refractivity contribution < 1.29 is 19.4 Å². The highest BCUT2D eigenvalue weighted by atomic mass is 79.9. The Morgan fingerprint density at radius 1 is 1.22 bits per heavy atom. The Morgan fingerprint density at radius 2 is 2.00 bits per heavy atom. The van der Waals surface area contributed by atoms with Gasteiger partial charge in [0, 0.05) is 8.95 Å². The number of halogens is 2. The summed E-state index contributed by atoms with van der Waals surface area (Å²) in [6.07, 6.45) is 1.62. The van der Waals surface area contributed by atoms with E-state index in [1.54, 1.807) is 12.1 Å². The lowest BCUT2D eigenvalue weighted by Gasteiger charge is -2.12. The van der Waals surface area contributed by atoms with Crippen LogP contribution >= 0.6 is 43.6 Å². The number of thioether (sulfide) groups is 1. The highest BCUT2D eigenvalue weighted by molar-refractivity contribution is 9.10. The molecule has 2 amide bonds. The van der Waals surface area contributed by atoms with Crippen molar-refractivity contribution in [3.05, 3.63) is 61.4 Å². The molecular weight excluding hydrogens is 498 g/mol. The van der Waals surface area contributed by atoms with Gasteiger partial charge in [0.05, 0.1) is 18.1 Å². The molecule has 0 radical (unpaired) electrons. The van der Waals surface area contributed by atoms with Crippen LogP contribution in [0.3, 0.4) is 0 Å². The van der Waals surface area contributed by atoms with Gasteiger partial charge in [-0.2, -0.15) is 0 Å². The number of nitrogens with zero attached hydrogens (tertiary/aromatic N) is 1. The van der Waals surface area contributed by atoms with Crippen LogP contribution in [0, 0.1) is 0 Å². The number of hydrogen-bond acceptors (Lipinski definition) is 5. The predicted octanol–water partition coefficient (Wildman–Crippen LogP) is 5.55. The van der Waals surface area contributed by atoms with Gasteiger partial charge >= 0.3 is 0 Å². The van der Waals surface area contributed by atoms with Crippen LogP contribution in [0.2, 0.25) is 0 Å². The highest BCUT2D eigenvalue weighted by Gasteiger charge is 2.35. The molecule has 1 N–H and O–H groups in total. The Hall–Kier alpha value is -1.77. The van der Waals surface area contributed by atoms with Gasteiger partial charge in [-0.25, -0.2) is 0 Å². The number of phenolic OH excluding ortho intramolecular Hbond substituents is 1. The molecule has 0 spiro atoms. The summed E-state index contributed by atoms with van der Waals surface area (Å²) >= 11 is 7.65. The third-order valence-electron chi connectivity index (χ3n) is 3.77. The third kappa shape index (κ3) is 4.56. The average Bonchev–Trinajstić information content (AvgIpc) is 2.87. The predicted molar refractivity (Wildman–Crippen MR) is 113 cm³/mol. The lowest BCUT2D eigenvalue weighted by atomic mass is 10.1. The van der Waals surface area contributed by atoms with Crippen molar-refractivity contribution in [3.8, 4) is 11.5 Å². The first-order valence-corrected chi connectivity index (χ1v) is 10.4. The van der Waals surface area contributed by atoms with Crippen molar-refractivity contribution in [2.75, 3.05) is 6.61 Å². The van der Waals surface area contributed by atoms with Crippen molar-refractivity contribution in [1.82, 2.24) is 4.90 Å². The van der Waals surface area contributed by atoms with Crippen molar-refractivity contribution in [1.29, 1.82) is 0 Å². The van der Waals surface area contributed by atoms with E-state index in [0.717, 1.165) is 21.8 Å². The molecule has 0 saturated carbocycles. The van der Waals surface area contributed by atoms with Gasteiger partial charge < -0.3 is 9.84 Å². The smallest absolute Gasteiger partial charge is 0.293 e. The number of carbonyl (C=O) groups excluding carboxylic acids is 2. The van der Waals surface area contributed by atoms with E-state index in [1.807, 2.05) is 31.2 Å². The quantitative estimate of drug-likeness (QED) is 0.532. The molecule has 1 aliphatic rings. The van der Waals surface area contributed by atoms with Crippen LogP contribution in [0.5, 0.6) is 11.5 Å². The van der Waals surface area contributed by atoms with Gasteiger partial charge in [0.2, 0.25) is 0 Å². The molecule has 2 aromatic rings. The zero-order valence-corrected chi connectivity index (χ0v) is 18.2. The van der Waals surface area contributed by atoms with E-state index in [0.29, 0.717) is 27.3 Å². The van der Waals surface area contributed by atoms with E-state index in [1.165, 1.54) is 11.0 Å². The van der Waals surface area contributed by atoms with Crippen LogP contribution < -0.4 is 4.74 Å². The average molecular weight is 513 g/mol. The van der Waals surface area contributed by atoms with Gasteiger partial charge in [-0.1, -0.05) is 44.0 Å². The molecule has 0 aliphatic carbocycles. The monoisotopic (exact) mass is 511 g/mol. The third-order valence-corrected chi connectivity index (χ3v) is 5.86. The second kappa shape index (κ2) is 8.50. The summed E-state index contributed by atoms with van der Waals surface area (Å²) in [7, 11) is 0. The Labute approximate surface area is 177 Å². The maximum atomic E-state index is 12.7. The summed E-state index contributed by atoms with van der Waals surface area (Å²) in [5, 5.41) is 9.60. The minimum atomic E-state index is -0.345. The number of hydrogen-bond donors (Lipinski definition) is 1. The van der Waals surface area contributed by atoms with E-state index in [2.05, 4.69) is 31.9 Å². The van der Waals surface area contributed by atoms with E-state index in [-0.39, 0.29) is 23.4 Å². The number of benzene rings is 2. The van der Waals surface area contributed by atoms with E-state index < -0.39 is 0 Å². The van der Waals surface area contributed by atoms with Gasteiger partial charge in [-0.15, -0.1) is 0 Å². The Bertz CT molecular complexity index is 945. The molecule has 0 atom stereocenters. The van der Waals surface area contributed by atoms with E-state index in [9.17, 15) is 14.7 Å². The molecule has 1 saturated heterocycles. The van der Waals surface area contributed by atoms with E-state index in [4.69, 9.17) is 4.74 Å². The number of aromatic hydroxyl groups is 1. The van der Waals surface area contributed by atoms with Gasteiger partial charge in [0.15, 0.2) is 11.5 Å². The van der Waals surface area contributed by atoms with Crippen LogP contribution in [0.15, 0.2) is 50.2 Å². The first kappa shape index (κ1) is 20.0. The number of amides is 2. The second-order valence-corrected chi connectivity index (χ2v) is 8.44. The number of carbonyl (C=O) groups is 2. The fraction of sp³-hybridized carbons (Fsp3) is 0.158. The van der Waals surface area contributed by atoms with Crippen LogP contribution in [0.25, 0.3) is 6.08 Å². The molecule has 3 rings (SSSR count). The molecule has 8 heteroatoms. The van der Waals surface area contributed by atoms with E-state index >= 15 is 0 Å². The Balaban J connectivity index is 1.87. The van der Waals surface area contributed by atoms with Crippen LogP contribution in [0.1, 0.15) is 18.1 Å². The lowest BCUT2D eigenvalue weighted by molar-refractivity contribution is -0.123. The van der Waals surface area contributed by atoms with Gasteiger partial charge in [-0.05, 0) is 60.2 Å². The molecule has 0 aromatic heterocycles. The Kier molecular flexibility index (Phi) is 6.29. The summed E-state index contributed by atoms with van der Waals surface area (Å²) in [5.41, 5.74) is 1.50. The molecule has 27 heavy (non-hydrogen) atoms.